The molecule has 2 fully saturated rings. The summed E-state index contributed by atoms with van der Waals surface area (Å²) in [5.41, 5.74) is -1.01. The van der Waals surface area contributed by atoms with Gasteiger partial charge in [-0.1, -0.05) is 0 Å². The summed E-state index contributed by atoms with van der Waals surface area (Å²) in [6, 6.07) is 0. The van der Waals surface area contributed by atoms with E-state index in [1.807, 2.05) is 20.8 Å². The smallest absolute Gasteiger partial charge is 0.410 e. The Bertz CT molecular complexity index is 420. The predicted molar refractivity (Wildman–Crippen MR) is 74.9 cm³/mol. The molecule has 0 aromatic carbocycles. The maximum absolute atomic E-state index is 12.1. The van der Waals surface area contributed by atoms with Crippen LogP contribution in [0.3, 0.4) is 0 Å². The Kier molecular flexibility index (Phi) is 4.32. The molecule has 0 saturated carbocycles. The lowest BCUT2D eigenvalue weighted by Gasteiger charge is -2.31. The molecule has 1 spiro atoms. The van der Waals surface area contributed by atoms with Crippen LogP contribution in [-0.4, -0.2) is 71.1 Å². The van der Waals surface area contributed by atoms with Gasteiger partial charge < -0.3 is 19.5 Å². The third-order valence-electron chi connectivity index (χ3n) is 3.78. The van der Waals surface area contributed by atoms with Gasteiger partial charge in [0.25, 0.3) is 0 Å². The molecule has 2 amide bonds. The Hall–Kier alpha value is -1.50. The second-order valence-corrected chi connectivity index (χ2v) is 6.66. The highest BCUT2D eigenvalue weighted by molar-refractivity contribution is 5.73. The van der Waals surface area contributed by atoms with Gasteiger partial charge in [0.1, 0.15) is 12.2 Å². The van der Waals surface area contributed by atoms with Gasteiger partial charge in [0.2, 0.25) is 0 Å². The maximum Gasteiger partial charge on any atom is 0.410 e. The lowest BCUT2D eigenvalue weighted by Crippen LogP contribution is -2.50. The van der Waals surface area contributed by atoms with Crippen LogP contribution in [0.2, 0.25) is 0 Å². The third-order valence-corrected chi connectivity index (χ3v) is 3.78. The maximum atomic E-state index is 12.1. The number of aliphatic hydroxyl groups excluding tert-OH is 1. The molecule has 120 valence electrons. The van der Waals surface area contributed by atoms with Crippen molar-refractivity contribution in [3.05, 3.63) is 0 Å². The number of likely N-dealkylation sites (tertiary alicyclic amines) is 1. The molecule has 1 atom stereocenters. The minimum Gasteiger partial charge on any atom is -0.447 e. The number of aliphatic hydroxyl groups is 1. The first kappa shape index (κ1) is 15.9. The third kappa shape index (κ3) is 3.40. The molecule has 2 aliphatic rings. The van der Waals surface area contributed by atoms with Crippen LogP contribution in [-0.2, 0) is 9.47 Å². The number of hydrogen-bond acceptors (Lipinski definition) is 5. The van der Waals surface area contributed by atoms with Crippen LogP contribution in [0, 0.1) is 0 Å². The molecule has 2 rings (SSSR count). The first-order valence-corrected chi connectivity index (χ1v) is 7.31. The number of nitrogens with zero attached hydrogens (tertiary/aromatic N) is 2. The van der Waals surface area contributed by atoms with Crippen LogP contribution in [0.15, 0.2) is 0 Å². The van der Waals surface area contributed by atoms with Crippen LogP contribution in [0.25, 0.3) is 0 Å². The van der Waals surface area contributed by atoms with Gasteiger partial charge in [-0.25, -0.2) is 9.59 Å². The van der Waals surface area contributed by atoms with E-state index in [2.05, 4.69) is 0 Å². The first-order valence-electron chi connectivity index (χ1n) is 7.31. The highest BCUT2D eigenvalue weighted by Crippen LogP contribution is 2.34. The summed E-state index contributed by atoms with van der Waals surface area (Å²) in [5.74, 6) is 0. The van der Waals surface area contributed by atoms with Crippen molar-refractivity contribution in [2.45, 2.75) is 44.8 Å². The van der Waals surface area contributed by atoms with Crippen molar-refractivity contribution < 1.29 is 24.2 Å². The Morgan fingerprint density at radius 1 is 1.48 bits per heavy atom. The zero-order valence-electron chi connectivity index (χ0n) is 12.9. The number of rotatable bonds is 3. The fourth-order valence-corrected chi connectivity index (χ4v) is 2.78. The molecule has 21 heavy (non-hydrogen) atoms. The van der Waals surface area contributed by atoms with E-state index in [0.717, 1.165) is 0 Å². The van der Waals surface area contributed by atoms with E-state index >= 15 is 0 Å². The zero-order valence-corrected chi connectivity index (χ0v) is 12.9. The van der Waals surface area contributed by atoms with E-state index in [9.17, 15) is 9.59 Å². The Balaban J connectivity index is 2.02. The number of amides is 2. The molecule has 0 bridgehead atoms. The largest absolute Gasteiger partial charge is 0.447 e. The predicted octanol–water partition coefficient (Wildman–Crippen LogP) is 1.20. The van der Waals surface area contributed by atoms with Crippen LogP contribution >= 0.6 is 0 Å². The summed E-state index contributed by atoms with van der Waals surface area (Å²) >= 11 is 0. The standard InChI is InChI=1S/C14H24N2O5/c1-13(2,3)21-11(18)15-7-5-14(9-15)10-20-12(19)16(14)6-4-8-17/h17H,4-10H2,1-3H3. The zero-order chi connectivity index (χ0) is 15.7. The van der Waals surface area contributed by atoms with Gasteiger partial charge in [-0.05, 0) is 33.6 Å². The minimum absolute atomic E-state index is 0.0235. The average Bonchev–Trinajstić information content (AvgIpc) is 2.92. The van der Waals surface area contributed by atoms with Crippen molar-refractivity contribution in [1.29, 1.82) is 0 Å². The summed E-state index contributed by atoms with van der Waals surface area (Å²) in [4.78, 5) is 27.2. The van der Waals surface area contributed by atoms with Gasteiger partial charge >= 0.3 is 12.2 Å². The normalized spacial score (nSPS) is 25.6. The molecule has 7 nitrogen and oxygen atoms in total. The number of cyclic esters (lactones) is 1. The second-order valence-electron chi connectivity index (χ2n) is 6.66. The molecule has 7 heteroatoms. The molecule has 0 aromatic rings. The van der Waals surface area contributed by atoms with Gasteiger partial charge in [-0.3, -0.25) is 4.90 Å². The molecule has 2 aliphatic heterocycles. The summed E-state index contributed by atoms with van der Waals surface area (Å²) in [7, 11) is 0. The SMILES string of the molecule is CC(C)(C)OC(=O)N1CCC2(COC(=O)N2CCCO)C1. The van der Waals surface area contributed by atoms with Crippen molar-refractivity contribution >= 4 is 12.2 Å². The Labute approximate surface area is 124 Å². The summed E-state index contributed by atoms with van der Waals surface area (Å²) < 4.78 is 10.5. The lowest BCUT2D eigenvalue weighted by atomic mass is 9.98. The van der Waals surface area contributed by atoms with Gasteiger partial charge in [0.05, 0.1) is 12.1 Å². The van der Waals surface area contributed by atoms with Crippen molar-refractivity contribution in [2.75, 3.05) is 32.8 Å². The van der Waals surface area contributed by atoms with E-state index < -0.39 is 11.1 Å². The van der Waals surface area contributed by atoms with E-state index in [1.165, 1.54) is 0 Å². The van der Waals surface area contributed by atoms with Crippen molar-refractivity contribution in [3.8, 4) is 0 Å². The Morgan fingerprint density at radius 3 is 2.81 bits per heavy atom. The molecule has 0 radical (unpaired) electrons. The van der Waals surface area contributed by atoms with E-state index in [4.69, 9.17) is 14.6 Å². The lowest BCUT2D eigenvalue weighted by molar-refractivity contribution is 0.0264. The van der Waals surface area contributed by atoms with Gasteiger partial charge in [-0.15, -0.1) is 0 Å². The molecule has 0 aliphatic carbocycles. The van der Waals surface area contributed by atoms with Gasteiger partial charge in [0, 0.05) is 19.7 Å². The molecule has 2 heterocycles. The van der Waals surface area contributed by atoms with E-state index in [-0.39, 0.29) is 25.4 Å². The van der Waals surface area contributed by atoms with Gasteiger partial charge in [-0.2, -0.15) is 0 Å². The molecular weight excluding hydrogens is 276 g/mol. The fourth-order valence-electron chi connectivity index (χ4n) is 2.78. The number of hydrogen-bond donors (Lipinski definition) is 1. The highest BCUT2D eigenvalue weighted by Gasteiger charge is 2.52. The molecule has 0 aromatic heterocycles. The molecular formula is C14H24N2O5. The van der Waals surface area contributed by atoms with E-state index in [1.54, 1.807) is 9.80 Å². The average molecular weight is 300 g/mol. The summed E-state index contributed by atoms with van der Waals surface area (Å²) in [5, 5.41) is 8.95. The molecule has 2 saturated heterocycles. The van der Waals surface area contributed by atoms with E-state index in [0.29, 0.717) is 32.5 Å². The first-order chi connectivity index (χ1) is 9.77. The summed E-state index contributed by atoms with van der Waals surface area (Å²) in [6.07, 6.45) is 0.447. The van der Waals surface area contributed by atoms with Crippen LogP contribution in [0.5, 0.6) is 0 Å². The monoisotopic (exact) mass is 300 g/mol. The summed E-state index contributed by atoms with van der Waals surface area (Å²) in [6.45, 7) is 7.19. The highest BCUT2D eigenvalue weighted by atomic mass is 16.6. The van der Waals surface area contributed by atoms with Crippen LogP contribution in [0.4, 0.5) is 9.59 Å². The van der Waals surface area contributed by atoms with Crippen molar-refractivity contribution in [2.24, 2.45) is 0 Å². The topological polar surface area (TPSA) is 79.3 Å². The van der Waals surface area contributed by atoms with Crippen molar-refractivity contribution in [1.82, 2.24) is 9.80 Å². The molecule has 1 N–H and O–H groups in total. The van der Waals surface area contributed by atoms with Crippen molar-refractivity contribution in [3.63, 3.8) is 0 Å². The minimum atomic E-state index is -0.536. The van der Waals surface area contributed by atoms with Crippen LogP contribution in [0.1, 0.15) is 33.6 Å². The van der Waals surface area contributed by atoms with Gasteiger partial charge in [0.15, 0.2) is 0 Å². The number of carbonyl (C=O) groups is 2. The fraction of sp³-hybridized carbons (Fsp3) is 0.857. The second kappa shape index (κ2) is 5.71. The quantitative estimate of drug-likeness (QED) is 0.847. The molecule has 1 unspecified atom stereocenters. The Morgan fingerprint density at radius 2 is 2.19 bits per heavy atom. The number of ether oxygens (including phenoxy) is 2. The van der Waals surface area contributed by atoms with Crippen LogP contribution < -0.4 is 0 Å². The number of carbonyl (C=O) groups excluding carboxylic acids is 2.